The van der Waals surface area contributed by atoms with E-state index >= 15 is 0 Å². The van der Waals surface area contributed by atoms with Crippen molar-refractivity contribution in [3.63, 3.8) is 0 Å². The molecule has 0 aliphatic heterocycles. The third-order valence-corrected chi connectivity index (χ3v) is 6.04. The van der Waals surface area contributed by atoms with E-state index in [0.29, 0.717) is 16.7 Å². The highest BCUT2D eigenvalue weighted by Crippen LogP contribution is 2.34. The molecule has 192 valence electrons. The number of methoxy groups -OCH3 is 1. The first-order valence-corrected chi connectivity index (χ1v) is 11.7. The number of hydrogen-bond acceptors (Lipinski definition) is 1. The Morgan fingerprint density at radius 2 is 1.39 bits per heavy atom. The van der Waals surface area contributed by atoms with Crippen LogP contribution in [-0.4, -0.2) is 19.9 Å². The predicted molar refractivity (Wildman–Crippen MR) is 131 cm³/mol. The van der Waals surface area contributed by atoms with Gasteiger partial charge in [-0.15, -0.1) is 0 Å². The van der Waals surface area contributed by atoms with Crippen LogP contribution in [0.1, 0.15) is 42.0 Å². The fourth-order valence-corrected chi connectivity index (χ4v) is 4.00. The summed E-state index contributed by atoms with van der Waals surface area (Å²) in [5.41, 5.74) is 2.04. The minimum atomic E-state index is -4.39. The number of rotatable bonds is 10. The summed E-state index contributed by atoms with van der Waals surface area (Å²) in [4.78, 5) is 0. The summed E-state index contributed by atoms with van der Waals surface area (Å²) in [5, 5.41) is 0. The molecule has 3 aromatic carbocycles. The normalized spacial score (nSPS) is 13.4. The van der Waals surface area contributed by atoms with Crippen molar-refractivity contribution in [1.29, 1.82) is 0 Å². The minimum absolute atomic E-state index is 0.0273. The van der Waals surface area contributed by atoms with Crippen molar-refractivity contribution in [3.05, 3.63) is 94.8 Å². The lowest BCUT2D eigenvalue weighted by Crippen LogP contribution is -2.26. The van der Waals surface area contributed by atoms with Crippen molar-refractivity contribution >= 4 is 11.7 Å². The molecule has 0 saturated carbocycles. The van der Waals surface area contributed by atoms with Gasteiger partial charge in [-0.25, -0.2) is 13.2 Å². The monoisotopic (exact) mass is 506 g/mol. The Morgan fingerprint density at radius 3 is 1.89 bits per heavy atom. The Labute approximate surface area is 207 Å². The smallest absolute Gasteiger partial charge is 0.385 e. The lowest BCUT2D eigenvalue weighted by molar-refractivity contribution is -0.178. The molecule has 0 N–H and O–H groups in total. The highest BCUT2D eigenvalue weighted by molar-refractivity contribution is 5.83. The van der Waals surface area contributed by atoms with Gasteiger partial charge >= 0.3 is 6.18 Å². The third-order valence-electron chi connectivity index (χ3n) is 6.04. The van der Waals surface area contributed by atoms with E-state index in [4.69, 9.17) is 4.74 Å². The molecule has 0 heterocycles. The Hall–Kier alpha value is -3.06. The van der Waals surface area contributed by atoms with Crippen LogP contribution in [0.25, 0.3) is 22.8 Å². The number of ether oxygens (including phenoxy) is 1. The zero-order chi connectivity index (χ0) is 26.3. The van der Waals surface area contributed by atoms with E-state index < -0.39 is 23.7 Å². The molecule has 0 aliphatic rings. The van der Waals surface area contributed by atoms with Crippen molar-refractivity contribution in [2.45, 2.75) is 38.8 Å². The van der Waals surface area contributed by atoms with Crippen molar-refractivity contribution in [3.8, 4) is 11.1 Å². The van der Waals surface area contributed by atoms with Crippen LogP contribution in [0.2, 0.25) is 0 Å². The molecule has 0 fully saturated rings. The number of benzene rings is 3. The number of alkyl halides is 3. The molecule has 0 bridgehead atoms. The van der Waals surface area contributed by atoms with E-state index in [1.54, 1.807) is 6.07 Å². The summed E-state index contributed by atoms with van der Waals surface area (Å²) in [5.74, 6) is -4.21. The first kappa shape index (κ1) is 27.5. The maximum absolute atomic E-state index is 14.8. The van der Waals surface area contributed by atoms with Crippen LogP contribution in [0.3, 0.4) is 0 Å². The van der Waals surface area contributed by atoms with Crippen molar-refractivity contribution in [2.24, 2.45) is 5.92 Å². The topological polar surface area (TPSA) is 9.23 Å². The molecule has 1 atom stereocenters. The molecule has 1 nitrogen and oxygen atoms in total. The number of aryl methyl sites for hydroxylation is 1. The highest BCUT2D eigenvalue weighted by Gasteiger charge is 2.38. The average molecular weight is 507 g/mol. The van der Waals surface area contributed by atoms with Crippen LogP contribution in [0.15, 0.2) is 66.7 Å². The van der Waals surface area contributed by atoms with Gasteiger partial charge in [0.05, 0.1) is 5.92 Å². The second-order valence-corrected chi connectivity index (χ2v) is 8.69. The van der Waals surface area contributed by atoms with Gasteiger partial charge in [0.2, 0.25) is 0 Å². The molecule has 0 amide bonds. The van der Waals surface area contributed by atoms with Gasteiger partial charge in [-0.1, -0.05) is 74.0 Å². The summed E-state index contributed by atoms with van der Waals surface area (Å²) in [7, 11) is 1.34. The zero-order valence-electron chi connectivity index (χ0n) is 20.1. The van der Waals surface area contributed by atoms with Crippen molar-refractivity contribution in [1.82, 2.24) is 0 Å². The van der Waals surface area contributed by atoms with Crippen LogP contribution in [0.5, 0.6) is 0 Å². The van der Waals surface area contributed by atoms with Gasteiger partial charge in [-0.2, -0.15) is 13.2 Å². The van der Waals surface area contributed by atoms with Crippen LogP contribution >= 0.6 is 0 Å². The quantitative estimate of drug-likeness (QED) is 0.197. The van der Waals surface area contributed by atoms with E-state index in [-0.39, 0.29) is 36.4 Å². The molecule has 3 aromatic rings. The van der Waals surface area contributed by atoms with E-state index in [1.807, 2.05) is 13.0 Å². The molecule has 0 saturated heterocycles. The lowest BCUT2D eigenvalue weighted by Gasteiger charge is -2.20. The molecule has 7 heteroatoms. The fourth-order valence-electron chi connectivity index (χ4n) is 4.00. The largest absolute Gasteiger partial charge is 0.392 e. The highest BCUT2D eigenvalue weighted by atomic mass is 19.4. The van der Waals surface area contributed by atoms with Crippen molar-refractivity contribution in [2.75, 3.05) is 13.7 Å². The Bertz CT molecular complexity index is 1160. The Balaban J connectivity index is 1.76. The van der Waals surface area contributed by atoms with Crippen LogP contribution in [0, 0.1) is 11.7 Å². The van der Waals surface area contributed by atoms with Gasteiger partial charge in [0.1, 0.15) is 5.82 Å². The maximum atomic E-state index is 14.8. The van der Waals surface area contributed by atoms with Crippen LogP contribution in [-0.2, 0) is 17.6 Å². The summed E-state index contributed by atoms with van der Waals surface area (Å²) < 4.78 is 88.6. The summed E-state index contributed by atoms with van der Waals surface area (Å²) in [6.07, 6.45) is -3.19. The molecule has 0 aromatic heterocycles. The molecule has 0 aliphatic carbocycles. The van der Waals surface area contributed by atoms with Gasteiger partial charge in [-0.3, -0.25) is 0 Å². The van der Waals surface area contributed by atoms with Crippen LogP contribution in [0.4, 0.5) is 26.3 Å². The van der Waals surface area contributed by atoms with Gasteiger partial charge in [0, 0.05) is 30.4 Å². The van der Waals surface area contributed by atoms with Crippen LogP contribution < -0.4 is 0 Å². The van der Waals surface area contributed by atoms with Gasteiger partial charge in [0.15, 0.2) is 11.7 Å². The minimum Gasteiger partial charge on any atom is -0.385 e. The van der Waals surface area contributed by atoms with Gasteiger partial charge < -0.3 is 4.74 Å². The first-order valence-electron chi connectivity index (χ1n) is 11.7. The zero-order valence-corrected chi connectivity index (χ0v) is 20.1. The molecule has 0 radical (unpaired) electrons. The third kappa shape index (κ3) is 7.00. The summed E-state index contributed by atoms with van der Waals surface area (Å²) >= 11 is 0. The molecule has 36 heavy (non-hydrogen) atoms. The van der Waals surface area contributed by atoms with Gasteiger partial charge in [0.25, 0.3) is 0 Å². The van der Waals surface area contributed by atoms with E-state index in [9.17, 15) is 26.3 Å². The lowest BCUT2D eigenvalue weighted by atomic mass is 9.95. The molecular weight excluding hydrogens is 478 g/mol. The Morgan fingerprint density at radius 1 is 0.833 bits per heavy atom. The molecule has 3 rings (SSSR count). The molecular formula is C29H28F6O. The van der Waals surface area contributed by atoms with E-state index in [0.717, 1.165) is 18.4 Å². The standard InChI is InChI=1S/C29H28F6O/c1-3-4-19-7-14-25(26(30)18-19)21-10-12-23(13-11-21)28(32)27(31)22-8-5-20(6-9-22)17-24(15-16-36-2)29(33,34)35/h5-14,18,24H,3-4,15-17H2,1-2H3/b28-27-. The first-order chi connectivity index (χ1) is 17.1. The number of halogens is 6. The van der Waals surface area contributed by atoms with E-state index in [2.05, 4.69) is 0 Å². The molecule has 1 unspecified atom stereocenters. The average Bonchev–Trinajstić information content (AvgIpc) is 2.86. The summed E-state index contributed by atoms with van der Waals surface area (Å²) in [6, 6.07) is 16.0. The van der Waals surface area contributed by atoms with Gasteiger partial charge in [-0.05, 0) is 42.0 Å². The second-order valence-electron chi connectivity index (χ2n) is 8.69. The van der Waals surface area contributed by atoms with E-state index in [1.165, 1.54) is 61.7 Å². The number of hydrogen-bond donors (Lipinski definition) is 0. The van der Waals surface area contributed by atoms with Crippen molar-refractivity contribution < 1.29 is 31.1 Å². The predicted octanol–water partition coefficient (Wildman–Crippen LogP) is 8.97. The fraction of sp³-hybridized carbons (Fsp3) is 0.310. The summed E-state index contributed by atoms with van der Waals surface area (Å²) in [6.45, 7) is 1.98. The molecule has 0 spiro atoms. The second kappa shape index (κ2) is 12.3. The Kier molecular flexibility index (Phi) is 9.37. The maximum Gasteiger partial charge on any atom is 0.392 e. The SMILES string of the molecule is CCCc1ccc(-c2ccc(/C(F)=C(/F)c3ccc(CC(CCOC)C(F)(F)F)cc3)cc2)c(F)c1.